The highest BCUT2D eigenvalue weighted by Gasteiger charge is 2.25. The van der Waals surface area contributed by atoms with Gasteiger partial charge in [-0.2, -0.15) is 4.98 Å². The third-order valence-electron chi connectivity index (χ3n) is 4.81. The highest BCUT2D eigenvalue weighted by atomic mass is 35.5. The van der Waals surface area contributed by atoms with Crippen LogP contribution in [0.2, 0.25) is 5.28 Å². The maximum atomic E-state index is 12.3. The van der Waals surface area contributed by atoms with Gasteiger partial charge in [0, 0.05) is 31.1 Å². The number of anilines is 1. The fourth-order valence-electron chi connectivity index (χ4n) is 3.42. The van der Waals surface area contributed by atoms with Crippen molar-refractivity contribution in [2.75, 3.05) is 44.3 Å². The van der Waals surface area contributed by atoms with Crippen LogP contribution in [0.25, 0.3) is 15.8 Å². The van der Waals surface area contributed by atoms with Crippen molar-refractivity contribution in [3.63, 3.8) is 0 Å². The molecule has 0 bridgehead atoms. The molecule has 0 atom stereocenters. The van der Waals surface area contributed by atoms with Crippen molar-refractivity contribution in [2.24, 2.45) is 0 Å². The van der Waals surface area contributed by atoms with Crippen LogP contribution < -0.4 is 4.90 Å². The first-order valence-electron chi connectivity index (χ1n) is 9.77. The van der Waals surface area contributed by atoms with E-state index in [2.05, 4.69) is 27.0 Å². The summed E-state index contributed by atoms with van der Waals surface area (Å²) in [4.78, 5) is 26.3. The zero-order valence-corrected chi connectivity index (χ0v) is 18.5. The highest BCUT2D eigenvalue weighted by Crippen LogP contribution is 2.37. The molecule has 0 aliphatic carbocycles. The summed E-state index contributed by atoms with van der Waals surface area (Å²) < 4.78 is 12.0. The molecule has 1 fully saturated rings. The van der Waals surface area contributed by atoms with E-state index in [9.17, 15) is 4.79 Å². The molecule has 0 aromatic carbocycles. The Morgan fingerprint density at radius 2 is 2.00 bits per heavy atom. The molecule has 2 aromatic heterocycles. The topological polar surface area (TPSA) is 67.8 Å². The molecule has 1 amide bonds. The first kappa shape index (κ1) is 20.4. The van der Waals surface area contributed by atoms with Crippen LogP contribution in [0.15, 0.2) is 12.1 Å². The number of rotatable bonds is 2. The molecule has 0 spiro atoms. The highest BCUT2D eigenvalue weighted by molar-refractivity contribution is 7.20. The monoisotopic (exact) mass is 436 g/mol. The maximum absolute atomic E-state index is 12.3. The van der Waals surface area contributed by atoms with Crippen LogP contribution in [0.1, 0.15) is 32.1 Å². The van der Waals surface area contributed by atoms with E-state index in [1.807, 2.05) is 20.8 Å². The van der Waals surface area contributed by atoms with E-state index in [4.69, 9.17) is 21.1 Å². The van der Waals surface area contributed by atoms with Gasteiger partial charge in [0.15, 0.2) is 5.82 Å². The van der Waals surface area contributed by atoms with Gasteiger partial charge in [0.25, 0.3) is 0 Å². The summed E-state index contributed by atoms with van der Waals surface area (Å²) >= 11 is 7.88. The van der Waals surface area contributed by atoms with Gasteiger partial charge in [-0.15, -0.1) is 11.3 Å². The smallest absolute Gasteiger partial charge is 0.410 e. The molecule has 0 radical (unpaired) electrons. The Morgan fingerprint density at radius 1 is 1.24 bits per heavy atom. The second kappa shape index (κ2) is 8.08. The minimum atomic E-state index is -0.486. The zero-order valence-electron chi connectivity index (χ0n) is 16.9. The number of carbonyl (C=O) groups is 1. The Hall–Kier alpha value is -1.90. The van der Waals surface area contributed by atoms with Gasteiger partial charge in [0.05, 0.1) is 23.4 Å². The zero-order chi connectivity index (χ0) is 20.6. The van der Waals surface area contributed by atoms with E-state index < -0.39 is 5.60 Å². The second-order valence-corrected chi connectivity index (χ2v) is 9.54. The molecule has 0 saturated carbocycles. The molecule has 156 valence electrons. The molecule has 0 N–H and O–H groups in total. The van der Waals surface area contributed by atoms with Crippen molar-refractivity contribution in [1.29, 1.82) is 0 Å². The first-order chi connectivity index (χ1) is 13.8. The van der Waals surface area contributed by atoms with Crippen molar-refractivity contribution in [3.05, 3.63) is 22.3 Å². The Kier molecular flexibility index (Phi) is 5.68. The molecule has 7 nitrogen and oxygen atoms in total. The Balaban J connectivity index is 1.56. The maximum Gasteiger partial charge on any atom is 0.410 e. The number of aromatic nitrogens is 2. The van der Waals surface area contributed by atoms with Crippen LogP contribution >= 0.6 is 22.9 Å². The van der Waals surface area contributed by atoms with Crippen LogP contribution in [-0.2, 0) is 9.47 Å². The first-order valence-corrected chi connectivity index (χ1v) is 11.0. The molecule has 2 aliphatic heterocycles. The van der Waals surface area contributed by atoms with Gasteiger partial charge >= 0.3 is 6.09 Å². The standard InChI is InChI=1S/C20H25ClN4O3S/c1-20(2,3)28-19(26)25-6-4-13(5-7-25)15-12-14-16(29-15)17(23-18(21)22-14)24-8-10-27-11-9-24/h4,12H,5-11H2,1-3H3. The number of hydrogen-bond donors (Lipinski definition) is 0. The molecule has 0 unspecified atom stereocenters. The van der Waals surface area contributed by atoms with Crippen LogP contribution in [0.4, 0.5) is 10.6 Å². The van der Waals surface area contributed by atoms with Crippen molar-refractivity contribution < 1.29 is 14.3 Å². The number of halogens is 1. The lowest BCUT2D eigenvalue weighted by atomic mass is 10.1. The second-order valence-electron chi connectivity index (χ2n) is 8.15. The average Bonchev–Trinajstić information content (AvgIpc) is 3.10. The summed E-state index contributed by atoms with van der Waals surface area (Å²) in [7, 11) is 0. The van der Waals surface area contributed by atoms with Crippen molar-refractivity contribution >= 4 is 50.6 Å². The Bertz CT molecular complexity index is 947. The number of thiophene rings is 1. The third-order valence-corrected chi connectivity index (χ3v) is 6.18. The lowest BCUT2D eigenvalue weighted by molar-refractivity contribution is 0.0270. The van der Waals surface area contributed by atoms with Crippen molar-refractivity contribution in [2.45, 2.75) is 32.8 Å². The Morgan fingerprint density at radius 3 is 2.66 bits per heavy atom. The molecule has 29 heavy (non-hydrogen) atoms. The van der Waals surface area contributed by atoms with Gasteiger partial charge in [-0.1, -0.05) is 6.08 Å². The minimum absolute atomic E-state index is 0.261. The summed E-state index contributed by atoms with van der Waals surface area (Å²) in [5.74, 6) is 0.881. The van der Waals surface area contributed by atoms with Crippen LogP contribution in [-0.4, -0.2) is 66.0 Å². The number of hydrogen-bond acceptors (Lipinski definition) is 7. The molecule has 9 heteroatoms. The van der Waals surface area contributed by atoms with Crippen LogP contribution in [0.3, 0.4) is 0 Å². The summed E-state index contributed by atoms with van der Waals surface area (Å²) in [6, 6.07) is 2.08. The molecule has 1 saturated heterocycles. The summed E-state index contributed by atoms with van der Waals surface area (Å²) in [6.07, 6.45) is 2.61. The predicted molar refractivity (Wildman–Crippen MR) is 116 cm³/mol. The largest absolute Gasteiger partial charge is 0.444 e. The van der Waals surface area contributed by atoms with Gasteiger partial charge in [-0.25, -0.2) is 9.78 Å². The summed E-state index contributed by atoms with van der Waals surface area (Å²) in [6.45, 7) is 9.79. The Labute approximate surface area is 179 Å². The lowest BCUT2D eigenvalue weighted by Crippen LogP contribution is -2.39. The summed E-state index contributed by atoms with van der Waals surface area (Å²) in [5.41, 5.74) is 1.60. The van der Waals surface area contributed by atoms with E-state index in [-0.39, 0.29) is 11.4 Å². The number of morpholine rings is 1. The number of amides is 1. The van der Waals surface area contributed by atoms with Gasteiger partial charge in [0.2, 0.25) is 5.28 Å². The number of ether oxygens (including phenoxy) is 2. The molecule has 2 aromatic rings. The molecule has 2 aliphatic rings. The molecular weight excluding hydrogens is 412 g/mol. The SMILES string of the molecule is CC(C)(C)OC(=O)N1CC=C(c2cc3nc(Cl)nc(N4CCOCC4)c3s2)CC1. The fraction of sp³-hybridized carbons (Fsp3) is 0.550. The number of fused-ring (bicyclic) bond motifs is 1. The lowest BCUT2D eigenvalue weighted by Gasteiger charge is -2.29. The minimum Gasteiger partial charge on any atom is -0.444 e. The molecule has 4 rings (SSSR count). The fourth-order valence-corrected chi connectivity index (χ4v) is 4.77. The van der Waals surface area contributed by atoms with E-state index in [1.165, 1.54) is 5.57 Å². The van der Waals surface area contributed by atoms with Gasteiger partial charge in [0.1, 0.15) is 5.60 Å². The van der Waals surface area contributed by atoms with Crippen molar-refractivity contribution in [1.82, 2.24) is 14.9 Å². The quantitative estimate of drug-likeness (QED) is 0.657. The van der Waals surface area contributed by atoms with E-state index in [0.29, 0.717) is 26.3 Å². The van der Waals surface area contributed by atoms with Crippen LogP contribution in [0.5, 0.6) is 0 Å². The third kappa shape index (κ3) is 4.65. The van der Waals surface area contributed by atoms with Gasteiger partial charge < -0.3 is 19.3 Å². The van der Waals surface area contributed by atoms with Gasteiger partial charge in [-0.3, -0.25) is 0 Å². The van der Waals surface area contributed by atoms with Crippen LogP contribution in [0, 0.1) is 0 Å². The van der Waals surface area contributed by atoms with E-state index >= 15 is 0 Å². The van der Waals surface area contributed by atoms with E-state index in [1.54, 1.807) is 16.2 Å². The normalized spacial score (nSPS) is 18.1. The average molecular weight is 437 g/mol. The number of carbonyl (C=O) groups excluding carboxylic acids is 1. The summed E-state index contributed by atoms with van der Waals surface area (Å²) in [5, 5.41) is 0.261. The van der Waals surface area contributed by atoms with E-state index in [0.717, 1.165) is 40.4 Å². The number of nitrogens with zero attached hydrogens (tertiary/aromatic N) is 4. The van der Waals surface area contributed by atoms with Gasteiger partial charge in [-0.05, 0) is 50.4 Å². The molecule has 4 heterocycles. The van der Waals surface area contributed by atoms with Crippen molar-refractivity contribution in [3.8, 4) is 0 Å². The predicted octanol–water partition coefficient (Wildman–Crippen LogP) is 4.21. The molecular formula is C20H25ClN4O3S.